The van der Waals surface area contributed by atoms with Gasteiger partial charge in [-0.25, -0.2) is 8.42 Å². The molecule has 0 bridgehead atoms. The molecule has 0 spiro atoms. The van der Waals surface area contributed by atoms with E-state index in [2.05, 4.69) is 5.32 Å². The van der Waals surface area contributed by atoms with Crippen molar-refractivity contribution in [2.45, 2.75) is 68.2 Å². The Kier molecular flexibility index (Phi) is 12.3. The van der Waals surface area contributed by atoms with Gasteiger partial charge < -0.3 is 15.0 Å². The zero-order valence-electron chi connectivity index (χ0n) is 28.0. The van der Waals surface area contributed by atoms with Crippen LogP contribution < -0.4 is 14.4 Å². The minimum absolute atomic E-state index is 0.0943. The van der Waals surface area contributed by atoms with Gasteiger partial charge >= 0.3 is 6.18 Å². The highest BCUT2D eigenvalue weighted by Crippen LogP contribution is 2.38. The van der Waals surface area contributed by atoms with Crippen LogP contribution in [0.1, 0.15) is 48.8 Å². The maximum absolute atomic E-state index is 14.7. The molecule has 1 N–H and O–H groups in total. The van der Waals surface area contributed by atoms with E-state index in [9.17, 15) is 31.2 Å². The van der Waals surface area contributed by atoms with E-state index in [1.165, 1.54) is 36.3 Å². The van der Waals surface area contributed by atoms with E-state index in [1.807, 2.05) is 30.3 Å². The van der Waals surface area contributed by atoms with E-state index in [0.717, 1.165) is 49.8 Å². The minimum atomic E-state index is -4.91. The van der Waals surface area contributed by atoms with Gasteiger partial charge in [0.1, 0.15) is 18.3 Å². The van der Waals surface area contributed by atoms with Crippen LogP contribution in [0.25, 0.3) is 0 Å². The Hall–Kier alpha value is -4.55. The van der Waals surface area contributed by atoms with E-state index in [4.69, 9.17) is 16.3 Å². The number of hydrogen-bond donors (Lipinski definition) is 1. The van der Waals surface area contributed by atoms with Crippen LogP contribution in [-0.4, -0.2) is 50.9 Å². The normalized spacial score (nSPS) is 14.4. The third kappa shape index (κ3) is 9.62. The van der Waals surface area contributed by atoms with Crippen molar-refractivity contribution in [3.63, 3.8) is 0 Å². The molecule has 1 saturated carbocycles. The summed E-state index contributed by atoms with van der Waals surface area (Å²) < 4.78 is 76.4. The summed E-state index contributed by atoms with van der Waals surface area (Å²) in [5.41, 5.74) is -0.332. The molecule has 0 aliphatic heterocycles. The molecular weight excluding hydrogens is 703 g/mol. The first-order valence-corrected chi connectivity index (χ1v) is 18.4. The lowest BCUT2D eigenvalue weighted by Crippen LogP contribution is -2.55. The zero-order chi connectivity index (χ0) is 36.6. The van der Waals surface area contributed by atoms with Gasteiger partial charge in [-0.3, -0.25) is 13.9 Å². The lowest BCUT2D eigenvalue weighted by Gasteiger charge is -2.35. The van der Waals surface area contributed by atoms with Crippen molar-refractivity contribution in [1.29, 1.82) is 0 Å². The molecule has 1 unspecified atom stereocenters. The molecule has 0 aromatic heterocycles. The number of rotatable bonds is 13. The third-order valence-electron chi connectivity index (χ3n) is 8.86. The molecule has 0 radical (unpaired) electrons. The highest BCUT2D eigenvalue weighted by Gasteiger charge is 2.38. The second-order valence-corrected chi connectivity index (χ2v) is 14.7. The Morgan fingerprint density at radius 2 is 1.53 bits per heavy atom. The smallest absolute Gasteiger partial charge is 0.417 e. The van der Waals surface area contributed by atoms with Crippen LogP contribution in [-0.2, 0) is 38.8 Å². The summed E-state index contributed by atoms with van der Waals surface area (Å²) in [5, 5.41) is 2.50. The summed E-state index contributed by atoms with van der Waals surface area (Å²) >= 11 is 5.90. The predicted molar refractivity (Wildman–Crippen MR) is 190 cm³/mol. The molecule has 8 nitrogen and oxygen atoms in total. The van der Waals surface area contributed by atoms with Gasteiger partial charge in [-0.05, 0) is 66.4 Å². The number of nitrogens with zero attached hydrogens (tertiary/aromatic N) is 2. The number of amides is 2. The Morgan fingerprint density at radius 3 is 2.18 bits per heavy atom. The SMILES string of the molecule is COc1cccc(CN(C(=O)CN(c2ccc(Cl)c(C(F)(F)F)c2)S(=O)(=O)c2ccccc2)C(Cc2ccccc2)C(=O)NC2CCCCC2)c1. The fourth-order valence-electron chi connectivity index (χ4n) is 6.20. The number of nitrogens with one attached hydrogen (secondary N) is 1. The van der Waals surface area contributed by atoms with Crippen molar-refractivity contribution in [3.8, 4) is 5.75 Å². The van der Waals surface area contributed by atoms with Gasteiger partial charge in [0.15, 0.2) is 0 Å². The number of methoxy groups -OCH3 is 1. The van der Waals surface area contributed by atoms with E-state index in [0.29, 0.717) is 21.7 Å². The molecule has 51 heavy (non-hydrogen) atoms. The summed E-state index contributed by atoms with van der Waals surface area (Å²) in [5.74, 6) is -0.717. The molecule has 1 atom stereocenters. The van der Waals surface area contributed by atoms with Crippen LogP contribution in [0.15, 0.2) is 108 Å². The number of anilines is 1. The van der Waals surface area contributed by atoms with Crippen molar-refractivity contribution >= 4 is 39.1 Å². The van der Waals surface area contributed by atoms with Crippen LogP contribution in [0, 0.1) is 0 Å². The quantitative estimate of drug-likeness (QED) is 0.152. The Morgan fingerprint density at radius 1 is 0.882 bits per heavy atom. The highest BCUT2D eigenvalue weighted by atomic mass is 35.5. The maximum atomic E-state index is 14.7. The van der Waals surface area contributed by atoms with Gasteiger partial charge in [0.2, 0.25) is 11.8 Å². The summed E-state index contributed by atoms with van der Waals surface area (Å²) in [7, 11) is -3.12. The van der Waals surface area contributed by atoms with E-state index in [-0.39, 0.29) is 23.9 Å². The number of carbonyl (C=O) groups is 2. The third-order valence-corrected chi connectivity index (χ3v) is 11.0. The van der Waals surface area contributed by atoms with Crippen LogP contribution in [0.2, 0.25) is 5.02 Å². The monoisotopic (exact) mass is 741 g/mol. The topological polar surface area (TPSA) is 96.0 Å². The van der Waals surface area contributed by atoms with Gasteiger partial charge in [0.25, 0.3) is 10.0 Å². The molecule has 5 rings (SSSR count). The first-order valence-electron chi connectivity index (χ1n) is 16.6. The lowest BCUT2D eigenvalue weighted by atomic mass is 9.94. The van der Waals surface area contributed by atoms with Crippen LogP contribution in [0.5, 0.6) is 5.75 Å². The number of halogens is 4. The van der Waals surface area contributed by atoms with E-state index in [1.54, 1.807) is 30.3 Å². The first-order chi connectivity index (χ1) is 24.4. The maximum Gasteiger partial charge on any atom is 0.417 e. The number of benzene rings is 4. The van der Waals surface area contributed by atoms with Crippen molar-refractivity contribution in [2.75, 3.05) is 18.0 Å². The van der Waals surface area contributed by atoms with Gasteiger partial charge in [-0.1, -0.05) is 91.5 Å². The van der Waals surface area contributed by atoms with Crippen LogP contribution in [0.4, 0.5) is 18.9 Å². The number of hydrogen-bond acceptors (Lipinski definition) is 5. The van der Waals surface area contributed by atoms with E-state index >= 15 is 0 Å². The van der Waals surface area contributed by atoms with Gasteiger partial charge in [-0.2, -0.15) is 13.2 Å². The molecule has 4 aromatic rings. The first kappa shape index (κ1) is 37.7. The molecule has 13 heteroatoms. The predicted octanol–water partition coefficient (Wildman–Crippen LogP) is 7.65. The average Bonchev–Trinajstić information content (AvgIpc) is 3.13. The number of sulfonamides is 1. The average molecular weight is 742 g/mol. The fraction of sp³-hybridized carbons (Fsp3) is 0.316. The van der Waals surface area contributed by atoms with Crippen LogP contribution in [0.3, 0.4) is 0 Å². The number of ether oxygens (including phenoxy) is 1. The molecule has 2 amide bonds. The minimum Gasteiger partial charge on any atom is -0.497 e. The summed E-state index contributed by atoms with van der Waals surface area (Å²) in [6, 6.07) is 24.6. The Bertz CT molecular complexity index is 1910. The number of alkyl halides is 3. The zero-order valence-corrected chi connectivity index (χ0v) is 29.6. The van der Waals surface area contributed by atoms with Gasteiger partial charge in [-0.15, -0.1) is 0 Å². The van der Waals surface area contributed by atoms with Crippen molar-refractivity contribution < 1.29 is 35.9 Å². The molecule has 270 valence electrons. The molecule has 1 aliphatic rings. The second kappa shape index (κ2) is 16.6. The molecule has 1 aliphatic carbocycles. The second-order valence-electron chi connectivity index (χ2n) is 12.4. The van der Waals surface area contributed by atoms with Gasteiger partial charge in [0, 0.05) is 19.0 Å². The van der Waals surface area contributed by atoms with Crippen LogP contribution >= 0.6 is 11.6 Å². The van der Waals surface area contributed by atoms with E-state index < -0.39 is 56.9 Å². The fourth-order valence-corrected chi connectivity index (χ4v) is 7.85. The largest absolute Gasteiger partial charge is 0.497 e. The molecular formula is C38H39ClF3N3O5S. The van der Waals surface area contributed by atoms with Crippen molar-refractivity contribution in [3.05, 3.63) is 125 Å². The summed E-state index contributed by atoms with van der Waals surface area (Å²) in [6.45, 7) is -1.04. The summed E-state index contributed by atoms with van der Waals surface area (Å²) in [6.07, 6.45) is -0.270. The Labute approximate surface area is 301 Å². The van der Waals surface area contributed by atoms with Crippen molar-refractivity contribution in [1.82, 2.24) is 10.2 Å². The molecule has 0 saturated heterocycles. The molecule has 1 fully saturated rings. The summed E-state index contributed by atoms with van der Waals surface area (Å²) in [4.78, 5) is 30.0. The standard InChI is InChI=1S/C38H39ClF3N3O5S/c1-50-31-17-11-14-28(22-31)25-44(35(23-27-12-5-2-6-13-27)37(47)43-29-15-7-3-8-16-29)36(46)26-45(51(48,49)32-18-9-4-10-19-32)30-20-21-34(39)33(24-30)38(40,41)42/h2,4-6,9-14,17-22,24,29,35H,3,7-8,15-16,23,25-26H2,1H3,(H,43,47). The van der Waals surface area contributed by atoms with Gasteiger partial charge in [0.05, 0.1) is 28.3 Å². The number of carbonyl (C=O) groups excluding carboxylic acids is 2. The van der Waals surface area contributed by atoms with Crippen molar-refractivity contribution in [2.24, 2.45) is 0 Å². The molecule has 4 aromatic carbocycles. The lowest BCUT2D eigenvalue weighted by molar-refractivity contribution is -0.140. The Balaban J connectivity index is 1.61. The molecule has 0 heterocycles. The highest BCUT2D eigenvalue weighted by molar-refractivity contribution is 7.92.